The van der Waals surface area contributed by atoms with Crippen LogP contribution in [0.5, 0.6) is 0 Å². The minimum absolute atomic E-state index is 0.00685. The summed E-state index contributed by atoms with van der Waals surface area (Å²) in [5.74, 6) is 0. The van der Waals surface area contributed by atoms with Crippen LogP contribution in [0.3, 0.4) is 0 Å². The van der Waals surface area contributed by atoms with Crippen molar-refractivity contribution in [1.82, 2.24) is 4.57 Å². The molecule has 0 aliphatic carbocycles. The van der Waals surface area contributed by atoms with Crippen LogP contribution in [0.2, 0.25) is 0 Å². The van der Waals surface area contributed by atoms with Gasteiger partial charge in [0, 0.05) is 15.2 Å². The van der Waals surface area contributed by atoms with Gasteiger partial charge < -0.3 is 0 Å². The summed E-state index contributed by atoms with van der Waals surface area (Å²) >= 11 is 3.48. The Bertz CT molecular complexity index is 1070. The third-order valence-corrected chi connectivity index (χ3v) is 4.36. The Morgan fingerprint density at radius 3 is 2.18 bits per heavy atom. The predicted molar refractivity (Wildman–Crippen MR) is 94.8 cm³/mol. The zero-order chi connectivity index (χ0) is 15.1. The lowest BCUT2D eigenvalue weighted by molar-refractivity contribution is 1.06. The molecule has 1 aromatic heterocycles. The van der Waals surface area contributed by atoms with Crippen molar-refractivity contribution >= 4 is 37.6 Å². The third kappa shape index (κ3) is 1.97. The van der Waals surface area contributed by atoms with Crippen molar-refractivity contribution in [2.45, 2.75) is 0 Å². The van der Waals surface area contributed by atoms with Gasteiger partial charge in [0.1, 0.15) is 0 Å². The van der Waals surface area contributed by atoms with Gasteiger partial charge in [0.2, 0.25) is 0 Å². The molecule has 0 aliphatic rings. The second-order valence-corrected chi connectivity index (χ2v) is 6.10. The quantitative estimate of drug-likeness (QED) is 0.447. The minimum atomic E-state index is 0.00685. The second kappa shape index (κ2) is 5.11. The molecule has 0 N–H and O–H groups in total. The summed E-state index contributed by atoms with van der Waals surface area (Å²) in [5, 5.41) is 2.81. The number of benzene rings is 3. The van der Waals surface area contributed by atoms with Crippen molar-refractivity contribution in [1.29, 1.82) is 0 Å². The van der Waals surface area contributed by atoms with Gasteiger partial charge in [-0.1, -0.05) is 58.4 Å². The normalized spacial score (nSPS) is 11.1. The van der Waals surface area contributed by atoms with Crippen LogP contribution >= 0.6 is 15.9 Å². The summed E-state index contributed by atoms with van der Waals surface area (Å²) in [7, 11) is 0. The largest absolute Gasteiger partial charge is 0.276 e. The van der Waals surface area contributed by atoms with Crippen LogP contribution in [0.4, 0.5) is 0 Å². The molecule has 0 radical (unpaired) electrons. The molecular weight excluding hydrogens is 338 g/mol. The number of fused-ring (bicyclic) bond motifs is 3. The monoisotopic (exact) mass is 349 g/mol. The Kier molecular flexibility index (Phi) is 3.09. The van der Waals surface area contributed by atoms with Gasteiger partial charge in [0.05, 0.1) is 11.2 Å². The first-order valence-electron chi connectivity index (χ1n) is 7.04. The van der Waals surface area contributed by atoms with Crippen molar-refractivity contribution in [3.8, 4) is 5.69 Å². The number of hydrogen-bond donors (Lipinski definition) is 0. The van der Waals surface area contributed by atoms with Gasteiger partial charge in [0.15, 0.2) is 0 Å². The standard InChI is InChI=1S/C19H12BrNO/c20-13-6-5-7-14(12-13)21-18-11-4-3-9-16(18)15-8-1-2-10-17(15)19(21)22/h1-12H. The lowest BCUT2D eigenvalue weighted by Gasteiger charge is -2.13. The average molecular weight is 350 g/mol. The molecule has 0 bridgehead atoms. The number of para-hydroxylation sites is 1. The van der Waals surface area contributed by atoms with Gasteiger partial charge >= 0.3 is 0 Å². The molecule has 106 valence electrons. The highest BCUT2D eigenvalue weighted by molar-refractivity contribution is 9.10. The fourth-order valence-electron chi connectivity index (χ4n) is 2.90. The smallest absolute Gasteiger partial charge is 0.263 e. The van der Waals surface area contributed by atoms with Crippen LogP contribution in [-0.2, 0) is 0 Å². The number of hydrogen-bond acceptors (Lipinski definition) is 1. The molecule has 0 aliphatic heterocycles. The molecule has 0 amide bonds. The first-order valence-corrected chi connectivity index (χ1v) is 7.83. The summed E-state index contributed by atoms with van der Waals surface area (Å²) in [6, 6.07) is 23.6. The van der Waals surface area contributed by atoms with E-state index in [2.05, 4.69) is 22.0 Å². The van der Waals surface area contributed by atoms with E-state index in [4.69, 9.17) is 0 Å². The Morgan fingerprint density at radius 2 is 1.41 bits per heavy atom. The topological polar surface area (TPSA) is 22.0 Å². The lowest BCUT2D eigenvalue weighted by atomic mass is 10.1. The van der Waals surface area contributed by atoms with E-state index in [1.54, 1.807) is 4.57 Å². The molecule has 22 heavy (non-hydrogen) atoms. The summed E-state index contributed by atoms with van der Waals surface area (Å²) in [5.41, 5.74) is 1.79. The van der Waals surface area contributed by atoms with E-state index in [9.17, 15) is 4.79 Å². The Morgan fingerprint density at radius 1 is 0.727 bits per heavy atom. The first kappa shape index (κ1) is 13.3. The molecular formula is C19H12BrNO. The van der Waals surface area contributed by atoms with E-state index in [1.165, 1.54) is 0 Å². The zero-order valence-electron chi connectivity index (χ0n) is 11.7. The van der Waals surface area contributed by atoms with Crippen LogP contribution in [-0.4, -0.2) is 4.57 Å². The third-order valence-electron chi connectivity index (χ3n) is 3.86. The second-order valence-electron chi connectivity index (χ2n) is 5.18. The van der Waals surface area contributed by atoms with Crippen molar-refractivity contribution in [2.75, 3.05) is 0 Å². The zero-order valence-corrected chi connectivity index (χ0v) is 13.2. The Balaban J connectivity index is 2.26. The van der Waals surface area contributed by atoms with Gasteiger partial charge in [-0.15, -0.1) is 0 Å². The maximum atomic E-state index is 13.0. The predicted octanol–water partition coefficient (Wildman–Crippen LogP) is 4.91. The van der Waals surface area contributed by atoms with Crippen molar-refractivity contribution < 1.29 is 0 Å². The number of halogens is 1. The van der Waals surface area contributed by atoms with Crippen molar-refractivity contribution in [3.05, 3.63) is 87.6 Å². The van der Waals surface area contributed by atoms with E-state index in [1.807, 2.05) is 66.7 Å². The molecule has 4 rings (SSSR count). The van der Waals surface area contributed by atoms with Crippen LogP contribution in [0.25, 0.3) is 27.4 Å². The first-order chi connectivity index (χ1) is 10.8. The maximum absolute atomic E-state index is 13.0. The average Bonchev–Trinajstić information content (AvgIpc) is 2.55. The molecule has 0 saturated heterocycles. The highest BCUT2D eigenvalue weighted by atomic mass is 79.9. The van der Waals surface area contributed by atoms with E-state index in [0.29, 0.717) is 0 Å². The molecule has 0 saturated carbocycles. The van der Waals surface area contributed by atoms with E-state index < -0.39 is 0 Å². The van der Waals surface area contributed by atoms with Crippen LogP contribution in [0, 0.1) is 0 Å². The molecule has 0 atom stereocenters. The molecule has 2 nitrogen and oxygen atoms in total. The molecule has 0 unspecified atom stereocenters. The summed E-state index contributed by atoms with van der Waals surface area (Å²) in [6.45, 7) is 0. The van der Waals surface area contributed by atoms with E-state index >= 15 is 0 Å². The van der Waals surface area contributed by atoms with Crippen LogP contribution in [0.1, 0.15) is 0 Å². The molecule has 4 aromatic rings. The van der Waals surface area contributed by atoms with Gasteiger partial charge in [-0.3, -0.25) is 9.36 Å². The lowest BCUT2D eigenvalue weighted by Crippen LogP contribution is -2.19. The Hall–Kier alpha value is -2.39. The number of rotatable bonds is 1. The van der Waals surface area contributed by atoms with Crippen molar-refractivity contribution in [3.63, 3.8) is 0 Å². The fraction of sp³-hybridized carbons (Fsp3) is 0. The highest BCUT2D eigenvalue weighted by Gasteiger charge is 2.11. The number of aromatic nitrogens is 1. The van der Waals surface area contributed by atoms with E-state index in [0.717, 1.165) is 31.8 Å². The van der Waals surface area contributed by atoms with Gasteiger partial charge in [0.25, 0.3) is 5.56 Å². The molecule has 1 heterocycles. The molecule has 3 aromatic carbocycles. The van der Waals surface area contributed by atoms with Gasteiger partial charge in [-0.05, 0) is 35.7 Å². The Labute approximate surface area is 135 Å². The van der Waals surface area contributed by atoms with Crippen molar-refractivity contribution in [2.24, 2.45) is 0 Å². The molecule has 3 heteroatoms. The maximum Gasteiger partial charge on any atom is 0.263 e. The summed E-state index contributed by atoms with van der Waals surface area (Å²) in [6.07, 6.45) is 0. The van der Waals surface area contributed by atoms with Crippen LogP contribution in [0.15, 0.2) is 82.1 Å². The van der Waals surface area contributed by atoms with E-state index in [-0.39, 0.29) is 5.56 Å². The highest BCUT2D eigenvalue weighted by Crippen LogP contribution is 2.25. The SMILES string of the molecule is O=c1c2ccccc2c2ccccc2n1-c1cccc(Br)c1. The van der Waals surface area contributed by atoms with Gasteiger partial charge in [-0.2, -0.15) is 0 Å². The summed E-state index contributed by atoms with van der Waals surface area (Å²) < 4.78 is 2.73. The van der Waals surface area contributed by atoms with Gasteiger partial charge in [-0.25, -0.2) is 0 Å². The fourth-order valence-corrected chi connectivity index (χ4v) is 3.29. The number of nitrogens with zero attached hydrogens (tertiary/aromatic N) is 1. The molecule has 0 fully saturated rings. The minimum Gasteiger partial charge on any atom is -0.276 e. The number of pyridine rings is 1. The molecule has 0 spiro atoms. The summed E-state index contributed by atoms with van der Waals surface area (Å²) in [4.78, 5) is 13.0. The van der Waals surface area contributed by atoms with Crippen LogP contribution < -0.4 is 5.56 Å².